The molecule has 3 aliphatic rings. The fourth-order valence-corrected chi connectivity index (χ4v) is 7.45. The van der Waals surface area contributed by atoms with Crippen molar-refractivity contribution in [3.8, 4) is 11.5 Å². The summed E-state index contributed by atoms with van der Waals surface area (Å²) in [4.78, 5) is 29.8. The van der Waals surface area contributed by atoms with Crippen LogP contribution in [0.5, 0.6) is 11.5 Å². The summed E-state index contributed by atoms with van der Waals surface area (Å²) in [5.41, 5.74) is 6.88. The predicted molar refractivity (Wildman–Crippen MR) is 175 cm³/mol. The average Bonchev–Trinajstić information content (AvgIpc) is 2.99. The van der Waals surface area contributed by atoms with Crippen LogP contribution >= 0.6 is 38.5 Å². The van der Waals surface area contributed by atoms with Gasteiger partial charge in [-0.05, 0) is 96.2 Å². The normalized spacial score (nSPS) is 17.4. The molecule has 0 spiro atoms. The quantitative estimate of drug-likeness (QED) is 0.217. The van der Waals surface area contributed by atoms with Crippen LogP contribution < -0.4 is 9.47 Å². The molecule has 6 rings (SSSR count). The van der Waals surface area contributed by atoms with Crippen LogP contribution in [0.1, 0.15) is 68.1 Å². The molecule has 5 nitrogen and oxygen atoms in total. The number of benzene rings is 3. The van der Waals surface area contributed by atoms with E-state index in [1.165, 1.54) is 5.56 Å². The largest absolute Gasteiger partial charge is 0.490 e. The summed E-state index contributed by atoms with van der Waals surface area (Å²) in [5, 5.41) is 0. The maximum absolute atomic E-state index is 13.8. The topological polar surface area (TPSA) is 55.8 Å². The van der Waals surface area contributed by atoms with Gasteiger partial charge in [0.1, 0.15) is 6.61 Å². The Hall–Kier alpha value is -2.91. The van der Waals surface area contributed by atoms with Gasteiger partial charge in [0.15, 0.2) is 23.1 Å². The Labute approximate surface area is 269 Å². The molecule has 0 aromatic heterocycles. The standard InChI is InChI=1S/C35H33BrINO4/c1-2-41-31-19-24(18-26(37)35(31)42-21-23-14-16-25(36)17-15-23)32-33-27(10-6-12-29(33)39)38(20-22-8-4-3-5-9-22)28-11-7-13-30(40)34(28)32/h3-5,8-9,14-19,32H,2,6-7,10-13,20-21H2,1H3. The summed E-state index contributed by atoms with van der Waals surface area (Å²) in [6.45, 7) is 3.50. The van der Waals surface area contributed by atoms with Crippen LogP contribution in [0.4, 0.5) is 0 Å². The van der Waals surface area contributed by atoms with Crippen LogP contribution in [0.2, 0.25) is 0 Å². The maximum atomic E-state index is 13.8. The molecule has 0 saturated carbocycles. The highest BCUT2D eigenvalue weighted by Gasteiger charge is 2.43. The molecule has 0 bridgehead atoms. The summed E-state index contributed by atoms with van der Waals surface area (Å²) in [6, 6.07) is 22.5. The molecule has 0 N–H and O–H groups in total. The summed E-state index contributed by atoms with van der Waals surface area (Å²) >= 11 is 5.78. The van der Waals surface area contributed by atoms with E-state index in [1.54, 1.807) is 0 Å². The predicted octanol–water partition coefficient (Wildman–Crippen LogP) is 8.65. The van der Waals surface area contributed by atoms with Crippen LogP contribution in [0, 0.1) is 3.57 Å². The summed E-state index contributed by atoms with van der Waals surface area (Å²) in [6.07, 6.45) is 4.34. The van der Waals surface area contributed by atoms with Gasteiger partial charge in [-0.15, -0.1) is 0 Å². The molecule has 7 heteroatoms. The monoisotopic (exact) mass is 737 g/mol. The zero-order valence-corrected chi connectivity index (χ0v) is 27.4. The lowest BCUT2D eigenvalue weighted by Gasteiger charge is -2.44. The molecule has 3 aromatic carbocycles. The zero-order chi connectivity index (χ0) is 29.2. The first kappa shape index (κ1) is 29.2. The minimum atomic E-state index is -0.393. The number of ether oxygens (including phenoxy) is 2. The molecule has 2 aliphatic carbocycles. The van der Waals surface area contributed by atoms with Crippen molar-refractivity contribution in [2.75, 3.05) is 6.61 Å². The molecule has 0 unspecified atom stereocenters. The highest BCUT2D eigenvalue weighted by molar-refractivity contribution is 14.1. The van der Waals surface area contributed by atoms with E-state index in [2.05, 4.69) is 61.6 Å². The maximum Gasteiger partial charge on any atom is 0.174 e. The number of carbonyl (C=O) groups is 2. The first-order chi connectivity index (χ1) is 20.4. The molecule has 42 heavy (non-hydrogen) atoms. The number of hydrogen-bond acceptors (Lipinski definition) is 5. The van der Waals surface area contributed by atoms with Crippen molar-refractivity contribution in [2.24, 2.45) is 0 Å². The smallest absolute Gasteiger partial charge is 0.174 e. The third kappa shape index (κ3) is 5.82. The van der Waals surface area contributed by atoms with Crippen molar-refractivity contribution >= 4 is 50.1 Å². The van der Waals surface area contributed by atoms with E-state index in [4.69, 9.17) is 9.47 Å². The van der Waals surface area contributed by atoms with E-state index in [1.807, 2.05) is 55.5 Å². The van der Waals surface area contributed by atoms with Crippen molar-refractivity contribution in [1.82, 2.24) is 4.90 Å². The van der Waals surface area contributed by atoms with E-state index >= 15 is 0 Å². The highest BCUT2D eigenvalue weighted by atomic mass is 127. The van der Waals surface area contributed by atoms with Gasteiger partial charge < -0.3 is 14.4 Å². The number of nitrogens with zero attached hydrogens (tertiary/aromatic N) is 1. The molecule has 0 amide bonds. The molecular weight excluding hydrogens is 705 g/mol. The second-order valence-electron chi connectivity index (χ2n) is 11.0. The third-order valence-electron chi connectivity index (χ3n) is 8.23. The summed E-state index contributed by atoms with van der Waals surface area (Å²) < 4.78 is 14.4. The van der Waals surface area contributed by atoms with Crippen LogP contribution in [-0.4, -0.2) is 23.1 Å². The molecule has 0 radical (unpaired) electrons. The lowest BCUT2D eigenvalue weighted by molar-refractivity contribution is -0.117. The third-order valence-corrected chi connectivity index (χ3v) is 9.56. The van der Waals surface area contributed by atoms with Crippen molar-refractivity contribution in [2.45, 2.75) is 64.5 Å². The number of allylic oxidation sites excluding steroid dienone is 4. The molecule has 0 saturated heterocycles. The van der Waals surface area contributed by atoms with Gasteiger partial charge in [-0.3, -0.25) is 9.59 Å². The lowest BCUT2D eigenvalue weighted by atomic mass is 9.71. The van der Waals surface area contributed by atoms with E-state index < -0.39 is 5.92 Å². The van der Waals surface area contributed by atoms with E-state index in [9.17, 15) is 9.59 Å². The Morgan fingerprint density at radius 3 is 2.10 bits per heavy atom. The molecule has 0 fully saturated rings. The van der Waals surface area contributed by atoms with Gasteiger partial charge in [0.05, 0.1) is 10.2 Å². The van der Waals surface area contributed by atoms with E-state index in [0.717, 1.165) is 67.4 Å². The molecule has 1 aliphatic heterocycles. The van der Waals surface area contributed by atoms with Gasteiger partial charge >= 0.3 is 0 Å². The SMILES string of the molecule is CCOc1cc(C2C3=C(CCCC3=O)N(Cc3ccccc3)C3=C2C(=O)CCC3)cc(I)c1OCc1ccc(Br)cc1. The van der Waals surface area contributed by atoms with Gasteiger partial charge in [-0.2, -0.15) is 0 Å². The number of hydrogen-bond donors (Lipinski definition) is 0. The fourth-order valence-electron chi connectivity index (χ4n) is 6.40. The molecular formula is C35H33BrINO4. The lowest BCUT2D eigenvalue weighted by Crippen LogP contribution is -2.38. The van der Waals surface area contributed by atoms with Crippen molar-refractivity contribution in [3.05, 3.63) is 114 Å². The highest BCUT2D eigenvalue weighted by Crippen LogP contribution is 2.51. The number of carbonyl (C=O) groups excluding carboxylic acids is 2. The van der Waals surface area contributed by atoms with Crippen LogP contribution in [0.15, 0.2) is 93.7 Å². The van der Waals surface area contributed by atoms with Crippen LogP contribution in [-0.2, 0) is 22.7 Å². The van der Waals surface area contributed by atoms with Crippen molar-refractivity contribution < 1.29 is 19.1 Å². The van der Waals surface area contributed by atoms with Crippen molar-refractivity contribution in [3.63, 3.8) is 0 Å². The molecule has 216 valence electrons. The summed E-state index contributed by atoms with van der Waals surface area (Å²) in [5.74, 6) is 1.22. The number of ketones is 2. The van der Waals surface area contributed by atoms with E-state index in [0.29, 0.717) is 44.1 Å². The van der Waals surface area contributed by atoms with Gasteiger partial charge in [0.25, 0.3) is 0 Å². The zero-order valence-electron chi connectivity index (χ0n) is 23.6. The van der Waals surface area contributed by atoms with Crippen molar-refractivity contribution in [1.29, 1.82) is 0 Å². The number of Topliss-reactive ketones (excluding diaryl/α,β-unsaturated/α-hetero) is 2. The van der Waals surface area contributed by atoms with Gasteiger partial charge in [0, 0.05) is 52.3 Å². The minimum absolute atomic E-state index is 0.146. The fraction of sp³-hybridized carbons (Fsp3) is 0.314. The molecule has 3 aromatic rings. The van der Waals surface area contributed by atoms with Gasteiger partial charge in [-0.1, -0.05) is 58.4 Å². The summed E-state index contributed by atoms with van der Waals surface area (Å²) in [7, 11) is 0. The van der Waals surface area contributed by atoms with E-state index in [-0.39, 0.29) is 11.6 Å². The van der Waals surface area contributed by atoms with Gasteiger partial charge in [-0.25, -0.2) is 0 Å². The second kappa shape index (κ2) is 12.8. The van der Waals surface area contributed by atoms with Gasteiger partial charge in [0.2, 0.25) is 0 Å². The number of rotatable bonds is 8. The Morgan fingerprint density at radius 2 is 1.48 bits per heavy atom. The average molecular weight is 738 g/mol. The first-order valence-corrected chi connectivity index (χ1v) is 16.5. The Kier molecular flexibility index (Phi) is 8.86. The Morgan fingerprint density at radius 1 is 0.833 bits per heavy atom. The Balaban J connectivity index is 1.45. The number of halogens is 2. The molecule has 0 atom stereocenters. The molecule has 1 heterocycles. The minimum Gasteiger partial charge on any atom is -0.490 e. The first-order valence-electron chi connectivity index (χ1n) is 14.6. The second-order valence-corrected chi connectivity index (χ2v) is 13.0. The van der Waals surface area contributed by atoms with Crippen LogP contribution in [0.3, 0.4) is 0 Å². The Bertz CT molecular complexity index is 1530. The van der Waals surface area contributed by atoms with Crippen LogP contribution in [0.25, 0.3) is 0 Å².